The summed E-state index contributed by atoms with van der Waals surface area (Å²) < 4.78 is 12.2. The Morgan fingerprint density at radius 2 is 0.730 bits per heavy atom. The van der Waals surface area contributed by atoms with Gasteiger partial charge in [-0.05, 0) is 42.8 Å². The van der Waals surface area contributed by atoms with Crippen LogP contribution in [0.2, 0.25) is 0 Å². The maximum atomic E-state index is 13.5. The molecule has 89 heavy (non-hydrogen) atoms. The molecule has 0 saturated carbocycles. The van der Waals surface area contributed by atoms with E-state index in [1.165, 1.54) is 82.7 Å². The Balaban J connectivity index is 0.747. The first-order valence-corrected chi connectivity index (χ1v) is 28.1. The van der Waals surface area contributed by atoms with Crippen molar-refractivity contribution in [3.8, 4) is 0 Å². The minimum atomic E-state index is -0.630. The molecular weight excluding hydrogens is 1150 g/mol. The number of aryl methyl sites for hydroxylation is 8. The number of quaternary nitrogens is 1. The second-order valence-corrected chi connectivity index (χ2v) is 21.6. The highest BCUT2D eigenvalue weighted by atomic mass is 16.2. The van der Waals surface area contributed by atoms with Gasteiger partial charge in [0.25, 0.3) is 47.3 Å². The zero-order chi connectivity index (χ0) is 64.4. The van der Waals surface area contributed by atoms with Crippen LogP contribution in [0.5, 0.6) is 0 Å². The summed E-state index contributed by atoms with van der Waals surface area (Å²) in [6.07, 6.45) is 15.2. The SMILES string of the molecule is Cn1cc(NC(=O)c2cc(NC(=O)c3cc(NC(=O)c4nccn4C)cn3C)cn2C)cc1C(=O)NCCCC(=O)Nc1cn(C)c(C(=O)Nc2cc(C(=O)Nc3cc(C(=O)Nc4cc(C(=O)NCCC(=O)NCCC[NH+](C)C)n(C)c4)n(C)c3)n(C)c2)n1. The predicted molar refractivity (Wildman–Crippen MR) is 329 cm³/mol. The summed E-state index contributed by atoms with van der Waals surface area (Å²) in [6, 6.07) is 8.97. The quantitative estimate of drug-likeness (QED) is 0.0345. The molecule has 0 fully saturated rings. The molecule has 8 rings (SSSR count). The first-order valence-electron chi connectivity index (χ1n) is 28.1. The molecule has 0 aliphatic carbocycles. The number of hydrogen-bond donors (Lipinski definition) is 11. The lowest BCUT2D eigenvalue weighted by Gasteiger charge is -2.09. The van der Waals surface area contributed by atoms with Crippen LogP contribution in [-0.4, -0.2) is 146 Å². The smallest absolute Gasteiger partial charge is 0.291 e. The molecule has 31 nitrogen and oxygen atoms in total. The van der Waals surface area contributed by atoms with E-state index in [4.69, 9.17) is 0 Å². The molecule has 0 aromatic carbocycles. The molecule has 8 aromatic rings. The first-order chi connectivity index (χ1) is 42.3. The van der Waals surface area contributed by atoms with Crippen molar-refractivity contribution in [1.29, 1.82) is 0 Å². The van der Waals surface area contributed by atoms with Crippen LogP contribution in [0.3, 0.4) is 0 Å². The lowest BCUT2D eigenvalue weighted by atomic mass is 10.3. The molecule has 11 N–H and O–H groups in total. The number of amides is 10. The lowest BCUT2D eigenvalue weighted by molar-refractivity contribution is -0.858. The molecule has 0 bridgehead atoms. The number of aromatic nitrogens is 10. The summed E-state index contributed by atoms with van der Waals surface area (Å²) in [5.74, 6) is -4.30. The average molecular weight is 1220 g/mol. The van der Waals surface area contributed by atoms with Crippen LogP contribution < -0.4 is 58.1 Å². The van der Waals surface area contributed by atoms with Gasteiger partial charge in [-0.25, -0.2) is 9.97 Å². The Kier molecular flexibility index (Phi) is 20.0. The van der Waals surface area contributed by atoms with Gasteiger partial charge in [0.1, 0.15) is 34.2 Å². The van der Waals surface area contributed by atoms with Crippen LogP contribution in [-0.2, 0) is 66.0 Å². The van der Waals surface area contributed by atoms with Crippen LogP contribution in [0, 0.1) is 0 Å². The fraction of sp³-hybridized carbons (Fsp3) is 0.310. The fourth-order valence-corrected chi connectivity index (χ4v) is 9.51. The molecule has 0 atom stereocenters. The molecule has 0 saturated heterocycles. The van der Waals surface area contributed by atoms with Gasteiger partial charge in [0.2, 0.25) is 17.6 Å². The Labute approximate surface area is 510 Å². The van der Waals surface area contributed by atoms with Crippen molar-refractivity contribution in [3.05, 3.63) is 138 Å². The zero-order valence-corrected chi connectivity index (χ0v) is 50.9. The third-order valence-corrected chi connectivity index (χ3v) is 14.0. The molecule has 0 unspecified atom stereocenters. The average Bonchev–Trinajstić information content (AvgIpc) is 2.98. The van der Waals surface area contributed by atoms with Crippen molar-refractivity contribution >= 4 is 99.0 Å². The topological polar surface area (TPSA) is 361 Å². The van der Waals surface area contributed by atoms with E-state index in [0.717, 1.165) is 13.0 Å². The number of rotatable bonds is 26. The minimum absolute atomic E-state index is 0.00532. The van der Waals surface area contributed by atoms with Gasteiger partial charge < -0.3 is 94.6 Å². The van der Waals surface area contributed by atoms with E-state index in [1.54, 1.807) is 107 Å². The summed E-state index contributed by atoms with van der Waals surface area (Å²) in [4.78, 5) is 140. The molecule has 31 heteroatoms. The van der Waals surface area contributed by atoms with Gasteiger partial charge in [-0.15, -0.1) is 0 Å². The molecule has 0 aliphatic heterocycles. The second-order valence-electron chi connectivity index (χ2n) is 21.6. The number of anilines is 7. The van der Waals surface area contributed by atoms with Gasteiger partial charge in [-0.1, -0.05) is 0 Å². The lowest BCUT2D eigenvalue weighted by Crippen LogP contribution is -3.05. The summed E-state index contributed by atoms with van der Waals surface area (Å²) in [7, 11) is 17.2. The van der Waals surface area contributed by atoms with Crippen LogP contribution in [0.25, 0.3) is 0 Å². The van der Waals surface area contributed by atoms with E-state index in [9.17, 15) is 47.9 Å². The number of nitrogens with zero attached hydrogens (tertiary/aromatic N) is 10. The van der Waals surface area contributed by atoms with E-state index in [2.05, 4.69) is 63.1 Å². The van der Waals surface area contributed by atoms with Gasteiger partial charge in [0, 0.05) is 151 Å². The van der Waals surface area contributed by atoms with Crippen molar-refractivity contribution in [2.24, 2.45) is 56.4 Å². The van der Waals surface area contributed by atoms with E-state index < -0.39 is 53.2 Å². The third-order valence-electron chi connectivity index (χ3n) is 14.0. The Morgan fingerprint density at radius 1 is 0.371 bits per heavy atom. The van der Waals surface area contributed by atoms with Gasteiger partial charge >= 0.3 is 0 Å². The standard InChI is InChI=1S/C58H71N21O10/c1-71(2)19-12-16-59-47(80)14-17-62-52(83)41-22-35(28-74(41)5)64-54(85)43-24-37(30-76(43)7)66-56(87)45-26-39(32-78(45)9)68-58(89)50-70-46(33-79(50)10)69-48(81)13-11-15-61-51(82)40-21-34(27-73(40)4)63-53(84)42-23-36(29-75(42)6)65-55(86)44-25-38(31-77(44)8)67-57(88)49-60-18-20-72(49)3/h18,20-33H,11-17,19H2,1-10H3,(H,59,80)(H,61,82)(H,62,83)(H,63,84)(H,64,85)(H,65,86)(H,66,87)(H,67,88)(H,68,89)(H,69,81)/p+1. The van der Waals surface area contributed by atoms with Crippen molar-refractivity contribution in [2.75, 3.05) is 77.5 Å². The molecule has 10 amide bonds. The van der Waals surface area contributed by atoms with Crippen molar-refractivity contribution in [3.63, 3.8) is 0 Å². The summed E-state index contributed by atoms with van der Waals surface area (Å²) in [5, 5.41) is 27.6. The minimum Gasteiger partial charge on any atom is -0.356 e. The van der Waals surface area contributed by atoms with Crippen LogP contribution in [0.15, 0.2) is 92.2 Å². The molecular formula is C58H72N21O10+. The third kappa shape index (κ3) is 16.2. The molecule has 8 aromatic heterocycles. The highest BCUT2D eigenvalue weighted by molar-refractivity contribution is 6.10. The molecule has 8 heterocycles. The van der Waals surface area contributed by atoms with E-state index >= 15 is 0 Å². The summed E-state index contributed by atoms with van der Waals surface area (Å²) >= 11 is 0. The van der Waals surface area contributed by atoms with E-state index in [-0.39, 0.29) is 95.6 Å². The van der Waals surface area contributed by atoms with Crippen LogP contribution in [0.1, 0.15) is 110 Å². The van der Waals surface area contributed by atoms with E-state index in [1.807, 2.05) is 14.1 Å². The Morgan fingerprint density at radius 3 is 1.11 bits per heavy atom. The normalized spacial score (nSPS) is 11.0. The largest absolute Gasteiger partial charge is 0.356 e. The molecule has 0 spiro atoms. The fourth-order valence-electron chi connectivity index (χ4n) is 9.51. The van der Waals surface area contributed by atoms with Gasteiger partial charge in [-0.2, -0.15) is 0 Å². The number of nitrogens with one attached hydrogen (secondary N) is 11. The van der Waals surface area contributed by atoms with E-state index in [0.29, 0.717) is 35.0 Å². The maximum absolute atomic E-state index is 13.5. The second kappa shape index (κ2) is 27.9. The predicted octanol–water partition coefficient (Wildman–Crippen LogP) is 1.62. The maximum Gasteiger partial charge on any atom is 0.291 e. The number of hydrogen-bond acceptors (Lipinski definition) is 12. The van der Waals surface area contributed by atoms with Crippen molar-refractivity contribution in [1.82, 2.24) is 62.5 Å². The Bertz CT molecular complexity index is 4020. The number of carbonyl (C=O) groups excluding carboxylic acids is 10. The number of carbonyl (C=O) groups is 10. The molecule has 0 radical (unpaired) electrons. The van der Waals surface area contributed by atoms with Gasteiger partial charge in [0.15, 0.2) is 11.6 Å². The summed E-state index contributed by atoms with van der Waals surface area (Å²) in [5.41, 5.74) is 3.32. The van der Waals surface area contributed by atoms with Crippen LogP contribution in [0.4, 0.5) is 39.9 Å². The van der Waals surface area contributed by atoms with Crippen molar-refractivity contribution < 1.29 is 52.8 Å². The van der Waals surface area contributed by atoms with Gasteiger partial charge in [-0.3, -0.25) is 47.9 Å². The zero-order valence-electron chi connectivity index (χ0n) is 50.9. The van der Waals surface area contributed by atoms with Gasteiger partial charge in [0.05, 0.1) is 54.8 Å². The monoisotopic (exact) mass is 1220 g/mol. The highest BCUT2D eigenvalue weighted by Gasteiger charge is 2.24. The molecule has 0 aliphatic rings. The molecule has 468 valence electrons. The first kappa shape index (κ1) is 63.8. The number of imidazole rings is 2. The Hall–Kier alpha value is -11.2. The van der Waals surface area contributed by atoms with Crippen LogP contribution >= 0.6 is 0 Å². The highest BCUT2D eigenvalue weighted by Crippen LogP contribution is 2.23. The van der Waals surface area contributed by atoms with Crippen molar-refractivity contribution in [2.45, 2.75) is 25.7 Å². The summed E-state index contributed by atoms with van der Waals surface area (Å²) in [6.45, 7) is 1.75.